The summed E-state index contributed by atoms with van der Waals surface area (Å²) in [6.45, 7) is 6.31. The molecule has 1 unspecified atom stereocenters. The average molecular weight is 364 g/mol. The van der Waals surface area contributed by atoms with Crippen molar-refractivity contribution in [2.24, 2.45) is 0 Å². The first kappa shape index (κ1) is 19.3. The van der Waals surface area contributed by atoms with Crippen molar-refractivity contribution in [3.63, 3.8) is 0 Å². The van der Waals surface area contributed by atoms with Crippen LogP contribution in [-0.2, 0) is 4.79 Å². The van der Waals surface area contributed by atoms with Crippen LogP contribution in [-0.4, -0.2) is 30.4 Å². The predicted octanol–water partition coefficient (Wildman–Crippen LogP) is 4.24. The Labute approximate surface area is 151 Å². The van der Waals surface area contributed by atoms with Crippen LogP contribution in [0.4, 0.5) is 8.78 Å². The van der Waals surface area contributed by atoms with Gasteiger partial charge in [-0.1, -0.05) is 19.9 Å². The van der Waals surface area contributed by atoms with Crippen LogP contribution in [0, 0.1) is 11.6 Å². The number of carbonyl (C=O) groups excluding carboxylic acids is 1. The molecule has 0 radical (unpaired) electrons. The van der Waals surface area contributed by atoms with E-state index in [0.717, 1.165) is 42.9 Å². The van der Waals surface area contributed by atoms with E-state index in [1.54, 1.807) is 11.3 Å². The standard InChI is InChI=1S/C19H22F2N2OS/c1-3-23(4-2)18(14-10-11-25-13-14)12-22-19(24)9-8-15-16(20)6-5-7-17(15)21/h5-11,13,18H,3-4,12H2,1-2H3,(H,22,24)/b9-8+. The highest BCUT2D eigenvalue weighted by atomic mass is 32.1. The van der Waals surface area contributed by atoms with Crippen molar-refractivity contribution in [3.05, 3.63) is 63.9 Å². The fourth-order valence-corrected chi connectivity index (χ4v) is 3.38. The first-order chi connectivity index (χ1) is 12.1. The number of hydrogen-bond donors (Lipinski definition) is 1. The van der Waals surface area contributed by atoms with Gasteiger partial charge in [-0.3, -0.25) is 9.69 Å². The monoisotopic (exact) mass is 364 g/mol. The van der Waals surface area contributed by atoms with E-state index in [2.05, 4.69) is 29.4 Å². The van der Waals surface area contributed by atoms with Crippen molar-refractivity contribution in [3.8, 4) is 0 Å². The summed E-state index contributed by atoms with van der Waals surface area (Å²) in [7, 11) is 0. The number of likely N-dealkylation sites (N-methyl/N-ethyl adjacent to an activating group) is 1. The summed E-state index contributed by atoms with van der Waals surface area (Å²) in [6.07, 6.45) is 2.32. The van der Waals surface area contributed by atoms with Crippen LogP contribution in [0.3, 0.4) is 0 Å². The van der Waals surface area contributed by atoms with Gasteiger partial charge in [-0.05, 0) is 53.7 Å². The summed E-state index contributed by atoms with van der Waals surface area (Å²) in [5, 5.41) is 6.90. The van der Waals surface area contributed by atoms with Crippen LogP contribution in [0.1, 0.15) is 31.0 Å². The molecule has 0 fully saturated rings. The van der Waals surface area contributed by atoms with E-state index < -0.39 is 11.6 Å². The molecule has 6 heteroatoms. The lowest BCUT2D eigenvalue weighted by Gasteiger charge is -2.29. The summed E-state index contributed by atoms with van der Waals surface area (Å²) in [5.74, 6) is -1.76. The third-order valence-corrected chi connectivity index (χ3v) is 4.75. The van der Waals surface area contributed by atoms with Gasteiger partial charge < -0.3 is 5.32 Å². The van der Waals surface area contributed by atoms with Crippen molar-refractivity contribution < 1.29 is 13.6 Å². The van der Waals surface area contributed by atoms with Crippen LogP contribution in [0.2, 0.25) is 0 Å². The van der Waals surface area contributed by atoms with Gasteiger partial charge in [0.25, 0.3) is 0 Å². The van der Waals surface area contributed by atoms with Gasteiger partial charge in [0.05, 0.1) is 6.04 Å². The number of halogens is 2. The van der Waals surface area contributed by atoms with Crippen LogP contribution in [0.15, 0.2) is 41.1 Å². The van der Waals surface area contributed by atoms with E-state index in [4.69, 9.17) is 0 Å². The molecule has 0 saturated carbocycles. The SMILES string of the molecule is CCN(CC)C(CNC(=O)/C=C/c1c(F)cccc1F)c1ccsc1. The van der Waals surface area contributed by atoms with Gasteiger partial charge in [-0.15, -0.1) is 0 Å². The van der Waals surface area contributed by atoms with Crippen LogP contribution < -0.4 is 5.32 Å². The first-order valence-corrected chi connectivity index (χ1v) is 9.17. The minimum Gasteiger partial charge on any atom is -0.351 e. The summed E-state index contributed by atoms with van der Waals surface area (Å²) >= 11 is 1.61. The summed E-state index contributed by atoms with van der Waals surface area (Å²) in [4.78, 5) is 14.3. The molecule has 3 nitrogen and oxygen atoms in total. The highest BCUT2D eigenvalue weighted by molar-refractivity contribution is 7.07. The minimum atomic E-state index is -0.691. The lowest BCUT2D eigenvalue weighted by atomic mass is 10.1. The second-order valence-corrected chi connectivity index (χ2v) is 6.29. The Balaban J connectivity index is 2.02. The lowest BCUT2D eigenvalue weighted by Crippen LogP contribution is -2.37. The third-order valence-electron chi connectivity index (χ3n) is 4.05. The highest BCUT2D eigenvalue weighted by Crippen LogP contribution is 2.22. The molecule has 1 atom stereocenters. The number of nitrogens with one attached hydrogen (secondary N) is 1. The minimum absolute atomic E-state index is 0.0730. The summed E-state index contributed by atoms with van der Waals surface area (Å²) < 4.78 is 27.1. The van der Waals surface area contributed by atoms with Crippen molar-refractivity contribution in [2.75, 3.05) is 19.6 Å². The molecule has 0 aliphatic heterocycles. The second kappa shape index (κ2) is 9.44. The predicted molar refractivity (Wildman–Crippen MR) is 98.4 cm³/mol. The maximum absolute atomic E-state index is 13.6. The van der Waals surface area contributed by atoms with E-state index in [1.165, 1.54) is 6.07 Å². The Morgan fingerprint density at radius 3 is 2.48 bits per heavy atom. The van der Waals surface area contributed by atoms with Gasteiger partial charge in [-0.25, -0.2) is 8.78 Å². The molecule has 134 valence electrons. The summed E-state index contributed by atoms with van der Waals surface area (Å²) in [5.41, 5.74) is 0.939. The Morgan fingerprint density at radius 2 is 1.92 bits per heavy atom. The van der Waals surface area contributed by atoms with Gasteiger partial charge in [0.2, 0.25) is 5.91 Å². The quantitative estimate of drug-likeness (QED) is 0.711. The second-order valence-electron chi connectivity index (χ2n) is 5.51. The van der Waals surface area contributed by atoms with Crippen LogP contribution >= 0.6 is 11.3 Å². The molecule has 2 rings (SSSR count). The topological polar surface area (TPSA) is 32.3 Å². The van der Waals surface area contributed by atoms with E-state index in [9.17, 15) is 13.6 Å². The number of carbonyl (C=O) groups is 1. The smallest absolute Gasteiger partial charge is 0.244 e. The highest BCUT2D eigenvalue weighted by Gasteiger charge is 2.18. The number of benzene rings is 1. The molecule has 0 saturated heterocycles. The maximum Gasteiger partial charge on any atom is 0.244 e. The van der Waals surface area contributed by atoms with E-state index in [1.807, 2.05) is 11.4 Å². The fourth-order valence-electron chi connectivity index (χ4n) is 2.67. The molecule has 0 spiro atoms. The number of hydrogen-bond acceptors (Lipinski definition) is 3. The zero-order valence-corrected chi connectivity index (χ0v) is 15.2. The molecular formula is C19H22F2N2OS. The number of thiophene rings is 1. The van der Waals surface area contributed by atoms with Crippen LogP contribution in [0.25, 0.3) is 6.08 Å². The van der Waals surface area contributed by atoms with Crippen molar-refractivity contribution >= 4 is 23.3 Å². The first-order valence-electron chi connectivity index (χ1n) is 8.22. The Bertz CT molecular complexity index is 692. The molecule has 1 N–H and O–H groups in total. The Hall–Kier alpha value is -2.05. The molecule has 0 aliphatic rings. The Kier molecular flexibility index (Phi) is 7.28. The van der Waals surface area contributed by atoms with E-state index >= 15 is 0 Å². The molecule has 0 bridgehead atoms. The van der Waals surface area contributed by atoms with Gasteiger partial charge in [-0.2, -0.15) is 11.3 Å². The van der Waals surface area contributed by atoms with Gasteiger partial charge >= 0.3 is 0 Å². The van der Waals surface area contributed by atoms with Gasteiger partial charge in [0.1, 0.15) is 11.6 Å². The van der Waals surface area contributed by atoms with Crippen LogP contribution in [0.5, 0.6) is 0 Å². The number of amides is 1. The number of rotatable bonds is 8. The van der Waals surface area contributed by atoms with E-state index in [-0.39, 0.29) is 17.5 Å². The van der Waals surface area contributed by atoms with Gasteiger partial charge in [0, 0.05) is 18.2 Å². The van der Waals surface area contributed by atoms with Crippen molar-refractivity contribution in [1.82, 2.24) is 10.2 Å². The zero-order valence-electron chi connectivity index (χ0n) is 14.3. The molecule has 25 heavy (non-hydrogen) atoms. The molecule has 0 aliphatic carbocycles. The van der Waals surface area contributed by atoms with Crippen molar-refractivity contribution in [2.45, 2.75) is 19.9 Å². The maximum atomic E-state index is 13.6. The van der Waals surface area contributed by atoms with Gasteiger partial charge in [0.15, 0.2) is 0 Å². The van der Waals surface area contributed by atoms with E-state index in [0.29, 0.717) is 6.54 Å². The fraction of sp³-hybridized carbons (Fsp3) is 0.316. The molecule has 1 aromatic carbocycles. The largest absolute Gasteiger partial charge is 0.351 e. The zero-order chi connectivity index (χ0) is 18.2. The average Bonchev–Trinajstić information content (AvgIpc) is 3.12. The third kappa shape index (κ3) is 5.21. The molecule has 1 aromatic heterocycles. The molecule has 1 amide bonds. The lowest BCUT2D eigenvalue weighted by molar-refractivity contribution is -0.116. The molecule has 2 aromatic rings. The molecule has 1 heterocycles. The Morgan fingerprint density at radius 1 is 1.24 bits per heavy atom. The normalized spacial score (nSPS) is 12.7. The summed E-state index contributed by atoms with van der Waals surface area (Å²) in [6, 6.07) is 5.73. The molecular weight excluding hydrogens is 342 g/mol. The van der Waals surface area contributed by atoms with Crippen molar-refractivity contribution in [1.29, 1.82) is 0 Å². The number of nitrogens with zero attached hydrogens (tertiary/aromatic N) is 1.